The normalized spacial score (nSPS) is 10.8. The third kappa shape index (κ3) is 4.66. The molecule has 1 heterocycles. The number of hydrogen-bond donors (Lipinski definition) is 1. The Morgan fingerprint density at radius 2 is 2.08 bits per heavy atom. The maximum absolute atomic E-state index is 11.8. The van der Waals surface area contributed by atoms with Gasteiger partial charge in [0.15, 0.2) is 5.78 Å². The highest BCUT2D eigenvalue weighted by atomic mass is 16.5. The average Bonchev–Trinajstić information content (AvgIpc) is 2.59. The van der Waals surface area contributed by atoms with Crippen molar-refractivity contribution in [1.29, 1.82) is 0 Å². The molecular formula is C17H20N4O4. The molecule has 0 saturated heterocycles. The standard InChI is InChI=1S/C17H20N4O4/c1-4-21(15-9-16(23)20(3)17(24)19-15)18-10-13-7-5-6-8-14(13)25-11-12(2)22/h5-10H,4,11H2,1-3H3,(H,19,24). The molecule has 1 aromatic heterocycles. The van der Waals surface area contributed by atoms with Crippen LogP contribution < -0.4 is 21.0 Å². The van der Waals surface area contributed by atoms with Crippen LogP contribution >= 0.6 is 0 Å². The first-order valence-electron chi connectivity index (χ1n) is 7.75. The molecule has 1 aromatic carbocycles. The van der Waals surface area contributed by atoms with Crippen molar-refractivity contribution in [3.05, 3.63) is 56.7 Å². The first-order chi connectivity index (χ1) is 11.9. The number of para-hydroxylation sites is 1. The van der Waals surface area contributed by atoms with E-state index in [2.05, 4.69) is 10.1 Å². The summed E-state index contributed by atoms with van der Waals surface area (Å²) in [5.41, 5.74) is -0.257. The molecule has 0 atom stereocenters. The third-order valence-corrected chi connectivity index (χ3v) is 3.39. The van der Waals surface area contributed by atoms with Crippen LogP contribution in [-0.4, -0.2) is 34.7 Å². The third-order valence-electron chi connectivity index (χ3n) is 3.39. The van der Waals surface area contributed by atoms with Crippen LogP contribution in [0.1, 0.15) is 19.4 Å². The molecule has 0 radical (unpaired) electrons. The Kier molecular flexibility index (Phi) is 5.89. The molecule has 25 heavy (non-hydrogen) atoms. The second-order valence-electron chi connectivity index (χ2n) is 5.35. The van der Waals surface area contributed by atoms with Crippen molar-refractivity contribution in [3.8, 4) is 5.75 Å². The van der Waals surface area contributed by atoms with Gasteiger partial charge in [-0.05, 0) is 26.0 Å². The fourth-order valence-corrected chi connectivity index (χ4v) is 2.03. The van der Waals surface area contributed by atoms with E-state index in [9.17, 15) is 14.4 Å². The van der Waals surface area contributed by atoms with Gasteiger partial charge >= 0.3 is 5.69 Å². The molecule has 2 rings (SSSR count). The van der Waals surface area contributed by atoms with E-state index in [1.807, 2.05) is 13.0 Å². The zero-order valence-corrected chi connectivity index (χ0v) is 14.4. The van der Waals surface area contributed by atoms with Crippen molar-refractivity contribution in [2.45, 2.75) is 13.8 Å². The van der Waals surface area contributed by atoms with E-state index in [0.29, 0.717) is 23.7 Å². The Hall–Kier alpha value is -3.16. The van der Waals surface area contributed by atoms with Crippen molar-refractivity contribution in [1.82, 2.24) is 9.55 Å². The summed E-state index contributed by atoms with van der Waals surface area (Å²) in [6.07, 6.45) is 1.55. The van der Waals surface area contributed by atoms with Crippen molar-refractivity contribution in [2.24, 2.45) is 12.1 Å². The molecule has 8 heteroatoms. The van der Waals surface area contributed by atoms with Gasteiger partial charge in [0.2, 0.25) is 0 Å². The maximum atomic E-state index is 11.8. The van der Waals surface area contributed by atoms with E-state index in [1.165, 1.54) is 25.0 Å². The van der Waals surface area contributed by atoms with Crippen LogP contribution in [0.2, 0.25) is 0 Å². The number of hydrazone groups is 1. The number of rotatable bonds is 7. The Bertz CT molecular complexity index is 867. The summed E-state index contributed by atoms with van der Waals surface area (Å²) in [6.45, 7) is 3.70. The minimum Gasteiger partial charge on any atom is -0.485 e. The Labute approximate surface area is 144 Å². The topological polar surface area (TPSA) is 96.8 Å². The fourth-order valence-electron chi connectivity index (χ4n) is 2.03. The van der Waals surface area contributed by atoms with E-state index < -0.39 is 11.2 Å². The number of carbonyl (C=O) groups is 1. The first kappa shape index (κ1) is 18.2. The molecule has 2 aromatic rings. The van der Waals surface area contributed by atoms with E-state index in [1.54, 1.807) is 24.4 Å². The summed E-state index contributed by atoms with van der Waals surface area (Å²) < 4.78 is 6.43. The zero-order chi connectivity index (χ0) is 18.4. The number of ketones is 1. The fraction of sp³-hybridized carbons (Fsp3) is 0.294. The van der Waals surface area contributed by atoms with Crippen LogP contribution in [0.3, 0.4) is 0 Å². The molecule has 132 valence electrons. The second kappa shape index (κ2) is 8.09. The van der Waals surface area contributed by atoms with E-state index in [-0.39, 0.29) is 12.4 Å². The molecular weight excluding hydrogens is 324 g/mol. The van der Waals surface area contributed by atoms with Gasteiger partial charge < -0.3 is 4.74 Å². The maximum Gasteiger partial charge on any atom is 0.329 e. The van der Waals surface area contributed by atoms with Crippen LogP contribution in [0, 0.1) is 0 Å². The molecule has 0 aliphatic heterocycles. The van der Waals surface area contributed by atoms with E-state index >= 15 is 0 Å². The molecule has 0 fully saturated rings. The average molecular weight is 344 g/mol. The smallest absolute Gasteiger partial charge is 0.329 e. The molecule has 0 spiro atoms. The van der Waals surface area contributed by atoms with Crippen LogP contribution in [-0.2, 0) is 11.8 Å². The number of hydrogen-bond acceptors (Lipinski definition) is 6. The first-order valence-corrected chi connectivity index (χ1v) is 7.75. The number of benzene rings is 1. The number of nitrogens with one attached hydrogen (secondary N) is 1. The van der Waals surface area contributed by atoms with Crippen molar-refractivity contribution >= 4 is 17.8 Å². The summed E-state index contributed by atoms with van der Waals surface area (Å²) in [4.78, 5) is 37.2. The minimum absolute atomic E-state index is 0.0234. The van der Waals surface area contributed by atoms with Crippen LogP contribution in [0.5, 0.6) is 5.75 Å². The highest BCUT2D eigenvalue weighted by molar-refractivity contribution is 5.84. The summed E-state index contributed by atoms with van der Waals surface area (Å²) in [5, 5.41) is 5.80. The van der Waals surface area contributed by atoms with Gasteiger partial charge in [-0.25, -0.2) is 9.80 Å². The van der Waals surface area contributed by atoms with Gasteiger partial charge in [0.25, 0.3) is 5.56 Å². The van der Waals surface area contributed by atoms with Crippen molar-refractivity contribution in [2.75, 3.05) is 18.2 Å². The molecule has 0 amide bonds. The molecule has 8 nitrogen and oxygen atoms in total. The van der Waals surface area contributed by atoms with Crippen LogP contribution in [0.25, 0.3) is 0 Å². The predicted molar refractivity (Wildman–Crippen MR) is 95.5 cm³/mol. The van der Waals surface area contributed by atoms with Gasteiger partial charge in [-0.3, -0.25) is 19.1 Å². The molecule has 0 aliphatic carbocycles. The lowest BCUT2D eigenvalue weighted by atomic mass is 10.2. The van der Waals surface area contributed by atoms with E-state index in [0.717, 1.165) is 4.57 Å². The van der Waals surface area contributed by atoms with Crippen molar-refractivity contribution < 1.29 is 9.53 Å². The van der Waals surface area contributed by atoms with E-state index in [4.69, 9.17) is 4.74 Å². The van der Waals surface area contributed by atoms with Gasteiger partial charge in [0.1, 0.15) is 18.2 Å². The number of ether oxygens (including phenoxy) is 1. The number of aromatic amines is 1. The molecule has 0 aliphatic rings. The van der Waals surface area contributed by atoms with Gasteiger partial charge in [-0.1, -0.05) is 12.1 Å². The van der Waals surface area contributed by atoms with Gasteiger partial charge in [-0.15, -0.1) is 0 Å². The number of anilines is 1. The number of nitrogens with zero attached hydrogens (tertiary/aromatic N) is 3. The quantitative estimate of drug-likeness (QED) is 0.595. The Morgan fingerprint density at radius 1 is 1.36 bits per heavy atom. The molecule has 0 unspecified atom stereocenters. The summed E-state index contributed by atoms with van der Waals surface area (Å²) in [5.74, 6) is 0.739. The van der Waals surface area contributed by atoms with Crippen LogP contribution in [0.4, 0.5) is 5.82 Å². The Balaban J connectivity index is 2.29. The molecule has 0 saturated carbocycles. The summed E-state index contributed by atoms with van der Waals surface area (Å²) in [6, 6.07) is 8.45. The summed E-state index contributed by atoms with van der Waals surface area (Å²) >= 11 is 0. The summed E-state index contributed by atoms with van der Waals surface area (Å²) in [7, 11) is 1.40. The lowest BCUT2D eigenvalue weighted by Gasteiger charge is -2.16. The highest BCUT2D eigenvalue weighted by Gasteiger charge is 2.08. The van der Waals surface area contributed by atoms with Crippen LogP contribution in [0.15, 0.2) is 45.0 Å². The second-order valence-corrected chi connectivity index (χ2v) is 5.35. The van der Waals surface area contributed by atoms with Gasteiger partial charge in [-0.2, -0.15) is 5.10 Å². The van der Waals surface area contributed by atoms with Gasteiger partial charge in [0.05, 0.1) is 6.21 Å². The number of H-pyrrole nitrogens is 1. The number of carbonyl (C=O) groups excluding carboxylic acids is 1. The number of Topliss-reactive ketones (excluding diaryl/α,β-unsaturated/α-hetero) is 1. The Morgan fingerprint density at radius 3 is 2.72 bits per heavy atom. The zero-order valence-electron chi connectivity index (χ0n) is 14.4. The monoisotopic (exact) mass is 344 g/mol. The van der Waals surface area contributed by atoms with Crippen molar-refractivity contribution in [3.63, 3.8) is 0 Å². The number of aromatic nitrogens is 2. The molecule has 1 N–H and O–H groups in total. The van der Waals surface area contributed by atoms with Gasteiger partial charge in [0, 0.05) is 25.2 Å². The lowest BCUT2D eigenvalue weighted by Crippen LogP contribution is -2.34. The predicted octanol–water partition coefficient (Wildman–Crippen LogP) is 0.902. The molecule has 0 bridgehead atoms. The highest BCUT2D eigenvalue weighted by Crippen LogP contribution is 2.16. The lowest BCUT2D eigenvalue weighted by molar-refractivity contribution is -0.118. The SMILES string of the molecule is CCN(N=Cc1ccccc1OCC(C)=O)c1cc(=O)n(C)c(=O)[nH]1. The largest absolute Gasteiger partial charge is 0.485 e. The minimum atomic E-state index is -0.513.